The van der Waals surface area contributed by atoms with Crippen LogP contribution in [0, 0.1) is 5.92 Å². The van der Waals surface area contributed by atoms with Crippen LogP contribution in [0.4, 0.5) is 26.3 Å². The Hall–Kier alpha value is -1.96. The van der Waals surface area contributed by atoms with Gasteiger partial charge in [-0.15, -0.1) is 0 Å². The van der Waals surface area contributed by atoms with E-state index in [1.54, 1.807) is 0 Å². The lowest BCUT2D eigenvalue weighted by Crippen LogP contribution is -2.24. The van der Waals surface area contributed by atoms with Gasteiger partial charge in [0.15, 0.2) is 6.10 Å². The zero-order valence-corrected chi connectivity index (χ0v) is 15.1. The van der Waals surface area contributed by atoms with Gasteiger partial charge in [0.25, 0.3) is 0 Å². The van der Waals surface area contributed by atoms with E-state index in [1.807, 2.05) is 0 Å². The molecule has 2 aromatic carbocycles. The van der Waals surface area contributed by atoms with Crippen molar-refractivity contribution in [3.63, 3.8) is 0 Å². The van der Waals surface area contributed by atoms with Crippen molar-refractivity contribution in [2.45, 2.75) is 57.2 Å². The van der Waals surface area contributed by atoms with E-state index in [1.165, 1.54) is 6.07 Å². The molecule has 0 aliphatic heterocycles. The van der Waals surface area contributed by atoms with Gasteiger partial charge in [-0.25, -0.2) is 0 Å². The average molecular weight is 406 g/mol. The summed E-state index contributed by atoms with van der Waals surface area (Å²) in [6.45, 7) is 2.08. The SMILES string of the molecule is CC1CCC(Oc2ccc3cc(C(O)C(F)(F)F)ccc3c2C(F)(F)F)CC1. The second-order valence-corrected chi connectivity index (χ2v) is 7.36. The summed E-state index contributed by atoms with van der Waals surface area (Å²) in [7, 11) is 0. The summed E-state index contributed by atoms with van der Waals surface area (Å²) in [5.74, 6) is 0.195. The lowest BCUT2D eigenvalue weighted by Gasteiger charge is -2.28. The highest BCUT2D eigenvalue weighted by Crippen LogP contribution is 2.43. The van der Waals surface area contributed by atoms with Crippen LogP contribution in [0.1, 0.15) is 49.8 Å². The molecule has 1 fully saturated rings. The molecule has 0 saturated heterocycles. The van der Waals surface area contributed by atoms with Crippen LogP contribution in [0.2, 0.25) is 0 Å². The van der Waals surface area contributed by atoms with Gasteiger partial charge in [0.05, 0.1) is 6.10 Å². The first kappa shape index (κ1) is 20.8. The number of hydrogen-bond acceptors (Lipinski definition) is 2. The number of benzene rings is 2. The van der Waals surface area contributed by atoms with Gasteiger partial charge in [-0.2, -0.15) is 26.3 Å². The molecule has 1 saturated carbocycles. The Labute approximate surface area is 158 Å². The summed E-state index contributed by atoms with van der Waals surface area (Å²) in [6, 6.07) is 5.18. The van der Waals surface area contributed by atoms with Crippen molar-refractivity contribution >= 4 is 10.8 Å². The number of alkyl halides is 6. The van der Waals surface area contributed by atoms with Crippen LogP contribution < -0.4 is 4.74 Å². The van der Waals surface area contributed by atoms with Gasteiger partial charge in [0, 0.05) is 0 Å². The molecule has 154 valence electrons. The van der Waals surface area contributed by atoms with Gasteiger partial charge in [0.1, 0.15) is 11.3 Å². The Kier molecular flexibility index (Phi) is 5.53. The molecule has 1 aliphatic rings. The molecular weight excluding hydrogens is 386 g/mol. The monoisotopic (exact) mass is 406 g/mol. The van der Waals surface area contributed by atoms with E-state index in [0.717, 1.165) is 37.1 Å². The van der Waals surface area contributed by atoms with Gasteiger partial charge in [-0.1, -0.05) is 25.1 Å². The Bertz CT molecular complexity index is 835. The van der Waals surface area contributed by atoms with Crippen LogP contribution in [-0.2, 0) is 6.18 Å². The van der Waals surface area contributed by atoms with E-state index in [4.69, 9.17) is 4.74 Å². The first-order chi connectivity index (χ1) is 13.0. The minimum absolute atomic E-state index is 0.0438. The minimum atomic E-state index is -4.90. The molecular formula is C20H20F6O2. The van der Waals surface area contributed by atoms with E-state index in [9.17, 15) is 31.4 Å². The Morgan fingerprint density at radius 1 is 0.964 bits per heavy atom. The Balaban J connectivity index is 2.01. The van der Waals surface area contributed by atoms with Crippen LogP contribution in [0.5, 0.6) is 5.75 Å². The molecule has 28 heavy (non-hydrogen) atoms. The molecule has 1 unspecified atom stereocenters. The maximum atomic E-state index is 13.7. The molecule has 0 radical (unpaired) electrons. The lowest BCUT2D eigenvalue weighted by molar-refractivity contribution is -0.206. The van der Waals surface area contributed by atoms with Crippen molar-refractivity contribution in [3.05, 3.63) is 41.5 Å². The van der Waals surface area contributed by atoms with Crippen molar-refractivity contribution in [1.29, 1.82) is 0 Å². The van der Waals surface area contributed by atoms with E-state index in [2.05, 4.69) is 6.92 Å². The maximum Gasteiger partial charge on any atom is 0.420 e. The summed E-state index contributed by atoms with van der Waals surface area (Å²) >= 11 is 0. The van der Waals surface area contributed by atoms with E-state index in [0.29, 0.717) is 18.8 Å². The van der Waals surface area contributed by atoms with Crippen molar-refractivity contribution in [1.82, 2.24) is 0 Å². The quantitative estimate of drug-likeness (QED) is 0.597. The number of rotatable bonds is 3. The fraction of sp³-hybridized carbons (Fsp3) is 0.500. The largest absolute Gasteiger partial charge is 0.490 e. The molecule has 8 heteroatoms. The van der Waals surface area contributed by atoms with Crippen molar-refractivity contribution in [2.75, 3.05) is 0 Å². The van der Waals surface area contributed by atoms with Crippen LogP contribution in [-0.4, -0.2) is 17.4 Å². The summed E-state index contributed by atoms with van der Waals surface area (Å²) in [6.07, 6.45) is -9.65. The third-order valence-electron chi connectivity index (χ3n) is 5.17. The zero-order chi connectivity index (χ0) is 20.7. The fourth-order valence-electron chi connectivity index (χ4n) is 3.60. The molecule has 1 N–H and O–H groups in total. The number of ether oxygens (including phenoxy) is 1. The summed E-state index contributed by atoms with van der Waals surface area (Å²) < 4.78 is 85.0. The predicted octanol–water partition coefficient (Wildman–Crippen LogP) is 6.41. The predicted molar refractivity (Wildman–Crippen MR) is 92.0 cm³/mol. The van der Waals surface area contributed by atoms with Gasteiger partial charge in [0.2, 0.25) is 0 Å². The smallest absolute Gasteiger partial charge is 0.420 e. The van der Waals surface area contributed by atoms with Gasteiger partial charge in [-0.05, 0) is 60.1 Å². The first-order valence-electron chi connectivity index (χ1n) is 9.02. The molecule has 1 aliphatic carbocycles. The number of halogens is 6. The highest BCUT2D eigenvalue weighted by molar-refractivity contribution is 5.89. The maximum absolute atomic E-state index is 13.7. The molecule has 1 atom stereocenters. The Morgan fingerprint density at radius 3 is 2.18 bits per heavy atom. The summed E-state index contributed by atoms with van der Waals surface area (Å²) in [5, 5.41) is 9.07. The van der Waals surface area contributed by atoms with Gasteiger partial charge < -0.3 is 9.84 Å². The highest BCUT2D eigenvalue weighted by atomic mass is 19.4. The molecule has 2 nitrogen and oxygen atoms in total. The second-order valence-electron chi connectivity index (χ2n) is 7.36. The van der Waals surface area contributed by atoms with Crippen molar-refractivity contribution in [2.24, 2.45) is 5.92 Å². The van der Waals surface area contributed by atoms with Crippen LogP contribution in [0.25, 0.3) is 10.8 Å². The number of hydrogen-bond donors (Lipinski definition) is 1. The van der Waals surface area contributed by atoms with E-state index in [-0.39, 0.29) is 22.6 Å². The minimum Gasteiger partial charge on any atom is -0.490 e. The molecule has 0 aromatic heterocycles. The lowest BCUT2D eigenvalue weighted by atomic mass is 9.89. The third kappa shape index (κ3) is 4.37. The van der Waals surface area contributed by atoms with Crippen molar-refractivity contribution < 1.29 is 36.2 Å². The zero-order valence-electron chi connectivity index (χ0n) is 15.1. The molecule has 0 spiro atoms. The molecule has 0 amide bonds. The van der Waals surface area contributed by atoms with Crippen molar-refractivity contribution in [3.8, 4) is 5.75 Å². The summed E-state index contributed by atoms with van der Waals surface area (Å²) in [4.78, 5) is 0. The van der Waals surface area contributed by atoms with Crippen LogP contribution in [0.15, 0.2) is 30.3 Å². The molecule has 0 heterocycles. The van der Waals surface area contributed by atoms with E-state index >= 15 is 0 Å². The topological polar surface area (TPSA) is 29.5 Å². The van der Waals surface area contributed by atoms with Crippen LogP contribution >= 0.6 is 0 Å². The normalized spacial score (nSPS) is 22.3. The van der Waals surface area contributed by atoms with Crippen LogP contribution in [0.3, 0.4) is 0 Å². The van der Waals surface area contributed by atoms with Gasteiger partial charge in [-0.3, -0.25) is 0 Å². The fourth-order valence-corrected chi connectivity index (χ4v) is 3.60. The third-order valence-corrected chi connectivity index (χ3v) is 5.17. The number of aliphatic hydroxyl groups excluding tert-OH is 1. The van der Waals surface area contributed by atoms with Gasteiger partial charge >= 0.3 is 12.4 Å². The highest BCUT2D eigenvalue weighted by Gasteiger charge is 2.40. The number of fused-ring (bicyclic) bond motifs is 1. The van der Waals surface area contributed by atoms with E-state index < -0.39 is 29.6 Å². The Morgan fingerprint density at radius 2 is 1.61 bits per heavy atom. The first-order valence-corrected chi connectivity index (χ1v) is 9.02. The summed E-state index contributed by atoms with van der Waals surface area (Å²) in [5.41, 5.74) is -1.51. The molecule has 3 rings (SSSR count). The number of aliphatic hydroxyl groups is 1. The molecule has 2 aromatic rings. The standard InChI is InChI=1S/C20H20F6O2/c1-11-2-6-14(7-3-11)28-16-9-5-12-10-13(18(27)20(24,25)26)4-8-15(12)17(16)19(21,22)23/h4-5,8-11,14,18,27H,2-3,6-7H2,1H3. The second kappa shape index (κ2) is 7.46. The molecule has 0 bridgehead atoms. The average Bonchev–Trinajstić information content (AvgIpc) is 2.60.